The molecule has 18 heavy (non-hydrogen) atoms. The van der Waals surface area contributed by atoms with Crippen molar-refractivity contribution in [3.05, 3.63) is 33.9 Å². The number of hydrogen-bond donors (Lipinski definition) is 1. The summed E-state index contributed by atoms with van der Waals surface area (Å²) in [7, 11) is 0. The summed E-state index contributed by atoms with van der Waals surface area (Å²) in [5, 5.41) is 10.3. The summed E-state index contributed by atoms with van der Waals surface area (Å²) in [6.07, 6.45) is -2.72. The zero-order valence-corrected chi connectivity index (χ0v) is 10.1. The van der Waals surface area contributed by atoms with E-state index in [4.69, 9.17) is 0 Å². The minimum Gasteiger partial charge on any atom is -0.362 e. The van der Waals surface area contributed by atoms with Crippen molar-refractivity contribution in [1.82, 2.24) is 15.2 Å². The van der Waals surface area contributed by atoms with Gasteiger partial charge in [-0.1, -0.05) is 0 Å². The number of aromatic nitrogens is 3. The molecule has 0 unspecified atom stereocenters. The minimum atomic E-state index is -4.46. The highest BCUT2D eigenvalue weighted by atomic mass is 32.1. The van der Waals surface area contributed by atoms with Gasteiger partial charge in [-0.05, 0) is 19.1 Å². The molecule has 4 nitrogen and oxygen atoms in total. The van der Waals surface area contributed by atoms with E-state index in [2.05, 4.69) is 20.5 Å². The van der Waals surface area contributed by atoms with Crippen LogP contribution in [0.25, 0.3) is 0 Å². The van der Waals surface area contributed by atoms with E-state index in [1.807, 2.05) is 6.92 Å². The summed E-state index contributed by atoms with van der Waals surface area (Å²) in [5.74, 6) is 0.288. The van der Waals surface area contributed by atoms with Gasteiger partial charge in [0.15, 0.2) is 5.69 Å². The number of rotatable bonds is 3. The highest BCUT2D eigenvalue weighted by molar-refractivity contribution is 7.11. The van der Waals surface area contributed by atoms with Crippen molar-refractivity contribution in [1.29, 1.82) is 0 Å². The van der Waals surface area contributed by atoms with Crippen LogP contribution in [-0.2, 0) is 12.7 Å². The average molecular weight is 274 g/mol. The first kappa shape index (κ1) is 12.7. The lowest BCUT2D eigenvalue weighted by Gasteiger charge is -2.06. The number of alkyl halides is 3. The molecule has 0 aromatic carbocycles. The van der Waals surface area contributed by atoms with Crippen LogP contribution < -0.4 is 5.32 Å². The summed E-state index contributed by atoms with van der Waals surface area (Å²) in [6, 6.07) is 2.14. The Balaban J connectivity index is 1.98. The number of nitrogens with zero attached hydrogens (tertiary/aromatic N) is 3. The molecule has 0 bridgehead atoms. The monoisotopic (exact) mass is 274 g/mol. The van der Waals surface area contributed by atoms with Gasteiger partial charge in [0.25, 0.3) is 0 Å². The van der Waals surface area contributed by atoms with E-state index >= 15 is 0 Å². The minimum absolute atomic E-state index is 0.288. The molecular formula is C10H9F3N4S. The third-order valence-corrected chi connectivity index (χ3v) is 2.96. The number of aryl methyl sites for hydroxylation is 1. The smallest absolute Gasteiger partial charge is 0.362 e. The molecule has 0 saturated carbocycles. The largest absolute Gasteiger partial charge is 0.435 e. The topological polar surface area (TPSA) is 50.7 Å². The van der Waals surface area contributed by atoms with E-state index in [9.17, 15) is 13.2 Å². The zero-order chi connectivity index (χ0) is 13.2. The van der Waals surface area contributed by atoms with Crippen molar-refractivity contribution in [3.8, 4) is 0 Å². The maximum atomic E-state index is 12.2. The normalized spacial score (nSPS) is 11.6. The molecule has 2 aromatic rings. The van der Waals surface area contributed by atoms with Crippen LogP contribution in [0, 0.1) is 6.92 Å². The molecule has 0 saturated heterocycles. The lowest BCUT2D eigenvalue weighted by Crippen LogP contribution is -2.10. The third kappa shape index (κ3) is 3.16. The molecule has 0 fully saturated rings. The average Bonchev–Trinajstić information content (AvgIpc) is 2.72. The molecule has 1 N–H and O–H groups in total. The summed E-state index contributed by atoms with van der Waals surface area (Å²) < 4.78 is 36.7. The fraction of sp³-hybridized carbons (Fsp3) is 0.300. The van der Waals surface area contributed by atoms with Crippen LogP contribution >= 0.6 is 11.3 Å². The van der Waals surface area contributed by atoms with Gasteiger partial charge in [-0.3, -0.25) is 0 Å². The molecule has 0 spiro atoms. The highest BCUT2D eigenvalue weighted by Crippen LogP contribution is 2.27. The van der Waals surface area contributed by atoms with E-state index in [-0.39, 0.29) is 5.82 Å². The maximum absolute atomic E-state index is 12.2. The Hall–Kier alpha value is -1.70. The molecule has 0 atom stereocenters. The van der Waals surface area contributed by atoms with Crippen LogP contribution in [0.5, 0.6) is 0 Å². The van der Waals surface area contributed by atoms with Crippen LogP contribution in [0.1, 0.15) is 15.6 Å². The molecule has 96 valence electrons. The molecular weight excluding hydrogens is 265 g/mol. The van der Waals surface area contributed by atoms with Gasteiger partial charge in [0.1, 0.15) is 10.8 Å². The SMILES string of the molecule is Cc1cnc(CNc2ccc(C(F)(F)F)nn2)s1. The number of anilines is 1. The molecule has 0 amide bonds. The first-order valence-electron chi connectivity index (χ1n) is 5.01. The van der Waals surface area contributed by atoms with Gasteiger partial charge in [-0.15, -0.1) is 21.5 Å². The van der Waals surface area contributed by atoms with E-state index in [0.717, 1.165) is 16.0 Å². The predicted octanol–water partition coefficient (Wildman–Crippen LogP) is 2.87. The van der Waals surface area contributed by atoms with Gasteiger partial charge in [-0.2, -0.15) is 13.2 Å². The second-order valence-electron chi connectivity index (χ2n) is 3.52. The fourth-order valence-corrected chi connectivity index (χ4v) is 1.95. The predicted molar refractivity (Wildman–Crippen MR) is 61.2 cm³/mol. The molecule has 0 aliphatic rings. The Kier molecular flexibility index (Phi) is 3.46. The van der Waals surface area contributed by atoms with Gasteiger partial charge in [0, 0.05) is 11.1 Å². The maximum Gasteiger partial charge on any atom is 0.435 e. The van der Waals surface area contributed by atoms with Crippen LogP contribution in [0.2, 0.25) is 0 Å². The summed E-state index contributed by atoms with van der Waals surface area (Å²) >= 11 is 1.51. The molecule has 2 aromatic heterocycles. The Morgan fingerprint density at radius 2 is 2.06 bits per heavy atom. The third-order valence-electron chi connectivity index (χ3n) is 2.04. The highest BCUT2D eigenvalue weighted by Gasteiger charge is 2.32. The Labute approximate surface area is 105 Å². The van der Waals surface area contributed by atoms with Crippen LogP contribution in [0.4, 0.5) is 19.0 Å². The Bertz CT molecular complexity index is 521. The summed E-state index contributed by atoms with van der Waals surface area (Å²) in [4.78, 5) is 5.19. The van der Waals surface area contributed by atoms with Crippen molar-refractivity contribution < 1.29 is 13.2 Å². The van der Waals surface area contributed by atoms with Crippen LogP contribution in [-0.4, -0.2) is 15.2 Å². The van der Waals surface area contributed by atoms with Crippen molar-refractivity contribution in [3.63, 3.8) is 0 Å². The lowest BCUT2D eigenvalue weighted by molar-refractivity contribution is -0.141. The number of halogens is 3. The van der Waals surface area contributed by atoms with Crippen LogP contribution in [0.15, 0.2) is 18.3 Å². The van der Waals surface area contributed by atoms with Gasteiger partial charge in [0.2, 0.25) is 0 Å². The summed E-state index contributed by atoms with van der Waals surface area (Å²) in [5.41, 5.74) is -1.00. The summed E-state index contributed by atoms with van der Waals surface area (Å²) in [6.45, 7) is 2.34. The Morgan fingerprint density at radius 1 is 1.28 bits per heavy atom. The molecule has 2 rings (SSSR count). The zero-order valence-electron chi connectivity index (χ0n) is 9.32. The van der Waals surface area contributed by atoms with Crippen molar-refractivity contribution in [2.45, 2.75) is 19.6 Å². The van der Waals surface area contributed by atoms with E-state index < -0.39 is 11.9 Å². The van der Waals surface area contributed by atoms with Gasteiger partial charge >= 0.3 is 6.18 Å². The van der Waals surface area contributed by atoms with Gasteiger partial charge < -0.3 is 5.32 Å². The van der Waals surface area contributed by atoms with Crippen LogP contribution in [0.3, 0.4) is 0 Å². The van der Waals surface area contributed by atoms with E-state index in [0.29, 0.717) is 6.54 Å². The number of thiazole rings is 1. The second kappa shape index (κ2) is 4.89. The quantitative estimate of drug-likeness (QED) is 0.935. The van der Waals surface area contributed by atoms with E-state index in [1.54, 1.807) is 6.20 Å². The standard InChI is InChI=1S/C10H9F3N4S/c1-6-4-15-9(18-6)5-14-8-3-2-7(16-17-8)10(11,12)13/h2-4H,5H2,1H3,(H,14,17). The van der Waals surface area contributed by atoms with Crippen molar-refractivity contribution >= 4 is 17.2 Å². The molecule has 0 aliphatic carbocycles. The first-order chi connectivity index (χ1) is 8.45. The van der Waals surface area contributed by atoms with Crippen molar-refractivity contribution in [2.75, 3.05) is 5.32 Å². The number of nitrogens with one attached hydrogen (secondary N) is 1. The van der Waals surface area contributed by atoms with Crippen molar-refractivity contribution in [2.24, 2.45) is 0 Å². The second-order valence-corrected chi connectivity index (χ2v) is 4.84. The molecule has 2 heterocycles. The fourth-order valence-electron chi connectivity index (χ4n) is 1.23. The molecule has 0 radical (unpaired) electrons. The van der Waals surface area contributed by atoms with Gasteiger partial charge in [-0.25, -0.2) is 4.98 Å². The van der Waals surface area contributed by atoms with Gasteiger partial charge in [0.05, 0.1) is 6.54 Å². The lowest BCUT2D eigenvalue weighted by atomic mass is 10.4. The molecule has 8 heteroatoms. The van der Waals surface area contributed by atoms with E-state index in [1.165, 1.54) is 17.4 Å². The Morgan fingerprint density at radius 3 is 2.56 bits per heavy atom. The number of hydrogen-bond acceptors (Lipinski definition) is 5. The molecule has 0 aliphatic heterocycles. The first-order valence-corrected chi connectivity index (χ1v) is 5.83.